The standard InChI is InChI=1S/C22H28N2O/c1-16(25)24-22-14-10-20(11-15-22)19-8-4-17(5-9-19)2-3-18-6-12-21(23)13-7-18/h2-4,6-8,10,12-14,17,19-20,22H,5,9,11,15,23H2,1H3,(H,24,25). The minimum atomic E-state index is 0.0568. The van der Waals surface area contributed by atoms with E-state index in [1.54, 1.807) is 6.92 Å². The van der Waals surface area contributed by atoms with Gasteiger partial charge in [0, 0.05) is 18.7 Å². The van der Waals surface area contributed by atoms with E-state index in [0.717, 1.165) is 18.5 Å². The molecule has 4 unspecified atom stereocenters. The number of nitrogens with one attached hydrogen (secondary N) is 1. The second-order valence-corrected chi connectivity index (χ2v) is 7.25. The highest BCUT2D eigenvalue weighted by Gasteiger charge is 2.24. The molecule has 0 heterocycles. The summed E-state index contributed by atoms with van der Waals surface area (Å²) >= 11 is 0. The minimum absolute atomic E-state index is 0.0568. The third kappa shape index (κ3) is 5.09. The van der Waals surface area contributed by atoms with E-state index in [1.807, 2.05) is 12.1 Å². The van der Waals surface area contributed by atoms with Crippen molar-refractivity contribution in [3.8, 4) is 0 Å². The summed E-state index contributed by atoms with van der Waals surface area (Å²) in [6.45, 7) is 1.59. The molecule has 3 nitrogen and oxygen atoms in total. The van der Waals surface area contributed by atoms with E-state index in [4.69, 9.17) is 5.73 Å². The Kier molecular flexibility index (Phi) is 5.75. The number of hydrogen-bond acceptors (Lipinski definition) is 2. The van der Waals surface area contributed by atoms with E-state index >= 15 is 0 Å². The lowest BCUT2D eigenvalue weighted by atomic mass is 9.76. The average Bonchev–Trinajstić information content (AvgIpc) is 2.62. The number of hydrogen-bond donors (Lipinski definition) is 2. The molecule has 0 spiro atoms. The molecule has 2 aliphatic carbocycles. The highest BCUT2D eigenvalue weighted by atomic mass is 16.1. The summed E-state index contributed by atoms with van der Waals surface area (Å²) in [6, 6.07) is 8.21. The Balaban J connectivity index is 1.52. The summed E-state index contributed by atoms with van der Waals surface area (Å²) in [5.41, 5.74) is 7.73. The number of allylic oxidation sites excluding steroid dienone is 4. The number of carbonyl (C=O) groups is 1. The fourth-order valence-electron chi connectivity index (χ4n) is 3.80. The maximum atomic E-state index is 11.1. The van der Waals surface area contributed by atoms with E-state index in [1.165, 1.54) is 18.4 Å². The fourth-order valence-corrected chi connectivity index (χ4v) is 3.80. The number of nitrogens with two attached hydrogens (primary N) is 1. The van der Waals surface area contributed by atoms with Gasteiger partial charge in [0.2, 0.25) is 5.91 Å². The number of nitrogen functional groups attached to an aromatic ring is 1. The highest BCUT2D eigenvalue weighted by Crippen LogP contribution is 2.34. The van der Waals surface area contributed by atoms with E-state index < -0.39 is 0 Å². The first-order valence-corrected chi connectivity index (χ1v) is 9.27. The lowest BCUT2D eigenvalue weighted by molar-refractivity contribution is -0.119. The van der Waals surface area contributed by atoms with Crippen molar-refractivity contribution in [2.75, 3.05) is 5.73 Å². The van der Waals surface area contributed by atoms with Crippen LogP contribution in [0.4, 0.5) is 5.69 Å². The molecule has 4 atom stereocenters. The smallest absolute Gasteiger partial charge is 0.217 e. The van der Waals surface area contributed by atoms with Crippen molar-refractivity contribution in [3.63, 3.8) is 0 Å². The van der Waals surface area contributed by atoms with Gasteiger partial charge in [-0.2, -0.15) is 0 Å². The van der Waals surface area contributed by atoms with Gasteiger partial charge in [0.25, 0.3) is 0 Å². The SMILES string of the molecule is CC(=O)NC1C=CC(C2C=CC(C=Cc3ccc(N)cc3)CC2)CC1. The summed E-state index contributed by atoms with van der Waals surface area (Å²) in [5, 5.41) is 2.99. The Hall–Kier alpha value is -2.29. The van der Waals surface area contributed by atoms with Gasteiger partial charge in [-0.3, -0.25) is 4.79 Å². The van der Waals surface area contributed by atoms with E-state index in [0.29, 0.717) is 17.8 Å². The molecule has 3 heteroatoms. The van der Waals surface area contributed by atoms with Crippen LogP contribution < -0.4 is 11.1 Å². The molecule has 0 fully saturated rings. The summed E-state index contributed by atoms with van der Waals surface area (Å²) < 4.78 is 0. The Morgan fingerprint density at radius 1 is 1.00 bits per heavy atom. The van der Waals surface area contributed by atoms with Crippen LogP contribution in [-0.2, 0) is 4.79 Å². The maximum absolute atomic E-state index is 11.1. The summed E-state index contributed by atoms with van der Waals surface area (Å²) in [4.78, 5) is 11.1. The average molecular weight is 336 g/mol. The Bertz CT molecular complexity index is 672. The van der Waals surface area contributed by atoms with Crippen LogP contribution in [0.5, 0.6) is 0 Å². The molecule has 25 heavy (non-hydrogen) atoms. The zero-order valence-electron chi connectivity index (χ0n) is 14.9. The summed E-state index contributed by atoms with van der Waals surface area (Å²) in [7, 11) is 0. The first-order chi connectivity index (χ1) is 12.1. The summed E-state index contributed by atoms with van der Waals surface area (Å²) in [5.74, 6) is 1.83. The third-order valence-corrected chi connectivity index (χ3v) is 5.25. The summed E-state index contributed by atoms with van der Waals surface area (Å²) in [6.07, 6.45) is 18.4. The molecule has 0 saturated heterocycles. The van der Waals surface area contributed by atoms with Crippen molar-refractivity contribution < 1.29 is 4.79 Å². The maximum Gasteiger partial charge on any atom is 0.217 e. The van der Waals surface area contributed by atoms with Crippen LogP contribution in [-0.4, -0.2) is 11.9 Å². The van der Waals surface area contributed by atoms with Crippen molar-refractivity contribution in [2.24, 2.45) is 17.8 Å². The highest BCUT2D eigenvalue weighted by molar-refractivity contribution is 5.73. The van der Waals surface area contributed by atoms with E-state index in [9.17, 15) is 4.79 Å². The largest absolute Gasteiger partial charge is 0.399 e. The van der Waals surface area contributed by atoms with E-state index in [2.05, 4.69) is 53.9 Å². The lowest BCUT2D eigenvalue weighted by Gasteiger charge is -2.31. The van der Waals surface area contributed by atoms with Crippen LogP contribution in [0.3, 0.4) is 0 Å². The quantitative estimate of drug-likeness (QED) is 0.635. The number of anilines is 1. The number of rotatable bonds is 4. The number of carbonyl (C=O) groups excluding carboxylic acids is 1. The lowest BCUT2D eigenvalue weighted by Crippen LogP contribution is -2.34. The molecule has 3 N–H and O–H groups in total. The predicted octanol–water partition coefficient (Wildman–Crippen LogP) is 4.34. The van der Waals surface area contributed by atoms with Crippen molar-refractivity contribution in [1.82, 2.24) is 5.32 Å². The van der Waals surface area contributed by atoms with Crippen LogP contribution in [0.1, 0.15) is 38.2 Å². The zero-order chi connectivity index (χ0) is 17.6. The van der Waals surface area contributed by atoms with Gasteiger partial charge in [0.1, 0.15) is 0 Å². The molecule has 0 aromatic heterocycles. The molecule has 0 radical (unpaired) electrons. The first-order valence-electron chi connectivity index (χ1n) is 9.27. The predicted molar refractivity (Wildman–Crippen MR) is 105 cm³/mol. The molecule has 3 rings (SSSR count). The van der Waals surface area contributed by atoms with Gasteiger partial charge in [-0.15, -0.1) is 0 Å². The topological polar surface area (TPSA) is 55.1 Å². The molecule has 2 aliphatic rings. The van der Waals surface area contributed by atoms with Crippen LogP contribution in [0.15, 0.2) is 54.6 Å². The molecular formula is C22H28N2O. The molecule has 1 amide bonds. The van der Waals surface area contributed by atoms with E-state index in [-0.39, 0.29) is 11.9 Å². The van der Waals surface area contributed by atoms with Gasteiger partial charge in [-0.1, -0.05) is 48.6 Å². The van der Waals surface area contributed by atoms with Crippen LogP contribution in [0, 0.1) is 17.8 Å². The van der Waals surface area contributed by atoms with Crippen molar-refractivity contribution in [3.05, 3.63) is 60.2 Å². The van der Waals surface area contributed by atoms with Crippen molar-refractivity contribution >= 4 is 17.7 Å². The molecule has 0 aliphatic heterocycles. The number of benzene rings is 1. The van der Waals surface area contributed by atoms with Crippen molar-refractivity contribution in [1.29, 1.82) is 0 Å². The minimum Gasteiger partial charge on any atom is -0.399 e. The normalized spacial score (nSPS) is 29.0. The fraction of sp³-hybridized carbons (Fsp3) is 0.409. The van der Waals surface area contributed by atoms with Gasteiger partial charge in [0.15, 0.2) is 0 Å². The van der Waals surface area contributed by atoms with Gasteiger partial charge in [0.05, 0.1) is 0 Å². The Morgan fingerprint density at radius 3 is 2.24 bits per heavy atom. The first kappa shape index (κ1) is 17.5. The van der Waals surface area contributed by atoms with Gasteiger partial charge >= 0.3 is 0 Å². The van der Waals surface area contributed by atoms with Gasteiger partial charge < -0.3 is 11.1 Å². The molecule has 132 valence electrons. The van der Waals surface area contributed by atoms with Gasteiger partial charge in [-0.25, -0.2) is 0 Å². The Morgan fingerprint density at radius 2 is 1.68 bits per heavy atom. The van der Waals surface area contributed by atoms with Gasteiger partial charge in [-0.05, 0) is 61.1 Å². The van der Waals surface area contributed by atoms with Crippen molar-refractivity contribution in [2.45, 2.75) is 38.6 Å². The molecule has 1 aromatic carbocycles. The second-order valence-electron chi connectivity index (χ2n) is 7.25. The second kappa shape index (κ2) is 8.19. The third-order valence-electron chi connectivity index (χ3n) is 5.25. The van der Waals surface area contributed by atoms with Crippen LogP contribution in [0.25, 0.3) is 6.08 Å². The molecule has 0 bridgehead atoms. The molecular weight excluding hydrogens is 308 g/mol. The van der Waals surface area contributed by atoms with Crippen LogP contribution >= 0.6 is 0 Å². The molecule has 1 aromatic rings. The monoisotopic (exact) mass is 336 g/mol. The van der Waals surface area contributed by atoms with Crippen LogP contribution in [0.2, 0.25) is 0 Å². The molecule has 0 saturated carbocycles. The Labute approximate surface area is 150 Å². The number of amides is 1. The zero-order valence-corrected chi connectivity index (χ0v) is 14.9.